The lowest BCUT2D eigenvalue weighted by Gasteiger charge is -2.06. The van der Waals surface area contributed by atoms with Crippen molar-refractivity contribution in [3.63, 3.8) is 0 Å². The molecule has 0 aliphatic rings. The molecule has 2 heterocycles. The van der Waals surface area contributed by atoms with Crippen molar-refractivity contribution in [2.45, 2.75) is 0 Å². The van der Waals surface area contributed by atoms with Crippen molar-refractivity contribution in [2.24, 2.45) is 0 Å². The smallest absolute Gasteiger partial charge is 0.219 e. The van der Waals surface area contributed by atoms with Gasteiger partial charge in [-0.1, -0.05) is 11.6 Å². The van der Waals surface area contributed by atoms with Gasteiger partial charge in [-0.2, -0.15) is 5.26 Å². The first kappa shape index (κ1) is 12.4. The van der Waals surface area contributed by atoms with Crippen LogP contribution in [-0.4, -0.2) is 9.97 Å². The van der Waals surface area contributed by atoms with Crippen LogP contribution in [0.2, 0.25) is 5.02 Å². The predicted molar refractivity (Wildman–Crippen MR) is 75.8 cm³/mol. The third kappa shape index (κ3) is 2.40. The second kappa shape index (κ2) is 5.16. The maximum absolute atomic E-state index is 9.00. The molecule has 3 rings (SSSR count). The summed E-state index contributed by atoms with van der Waals surface area (Å²) in [6.07, 6.45) is 3.12. The molecule has 0 aliphatic heterocycles. The van der Waals surface area contributed by atoms with Crippen LogP contribution in [0.5, 0.6) is 11.6 Å². The predicted octanol–water partition coefficient (Wildman–Crippen LogP) is 3.95. The van der Waals surface area contributed by atoms with Gasteiger partial charge in [-0.25, -0.2) is 4.98 Å². The third-order valence-electron chi connectivity index (χ3n) is 2.75. The molecule has 0 bridgehead atoms. The molecule has 0 atom stereocenters. The van der Waals surface area contributed by atoms with Gasteiger partial charge in [0.1, 0.15) is 11.8 Å². The molecule has 0 saturated heterocycles. The highest BCUT2D eigenvalue weighted by Crippen LogP contribution is 2.24. The van der Waals surface area contributed by atoms with Gasteiger partial charge in [0.2, 0.25) is 5.88 Å². The van der Waals surface area contributed by atoms with Crippen LogP contribution in [0.1, 0.15) is 5.56 Å². The van der Waals surface area contributed by atoms with Crippen molar-refractivity contribution in [3.05, 3.63) is 59.4 Å². The Morgan fingerprint density at radius 3 is 2.60 bits per heavy atom. The van der Waals surface area contributed by atoms with Crippen LogP contribution in [0.3, 0.4) is 0 Å². The molecule has 0 radical (unpaired) electrons. The average Bonchev–Trinajstić information content (AvgIpc) is 2.49. The summed E-state index contributed by atoms with van der Waals surface area (Å²) in [4.78, 5) is 8.32. The van der Waals surface area contributed by atoms with Gasteiger partial charge in [0.15, 0.2) is 0 Å². The van der Waals surface area contributed by atoms with Crippen molar-refractivity contribution in [1.82, 2.24) is 9.97 Å². The molecular weight excluding hydrogens is 274 g/mol. The highest BCUT2D eigenvalue weighted by atomic mass is 35.5. The minimum Gasteiger partial charge on any atom is -0.439 e. The topological polar surface area (TPSA) is 58.8 Å². The Bertz CT molecular complexity index is 809. The Kier molecular flexibility index (Phi) is 3.20. The number of nitrogens with zero attached hydrogens (tertiary/aromatic N) is 3. The van der Waals surface area contributed by atoms with E-state index in [1.54, 1.807) is 42.6 Å². The molecule has 5 heteroatoms. The molecule has 0 N–H and O–H groups in total. The fraction of sp³-hybridized carbons (Fsp3) is 0. The van der Waals surface area contributed by atoms with E-state index in [1.807, 2.05) is 0 Å². The Balaban J connectivity index is 1.97. The van der Waals surface area contributed by atoms with E-state index >= 15 is 0 Å². The van der Waals surface area contributed by atoms with Crippen molar-refractivity contribution in [3.8, 4) is 17.7 Å². The lowest BCUT2D eigenvalue weighted by molar-refractivity contribution is 0.465. The van der Waals surface area contributed by atoms with Crippen molar-refractivity contribution < 1.29 is 4.74 Å². The molecule has 1 aromatic carbocycles. The molecule has 96 valence electrons. The number of nitriles is 1. The fourth-order valence-electron chi connectivity index (χ4n) is 1.80. The number of aromatic nitrogens is 2. The number of fused-ring (bicyclic) bond motifs is 1. The second-order valence-electron chi connectivity index (χ2n) is 4.07. The number of rotatable bonds is 2. The zero-order valence-electron chi connectivity index (χ0n) is 10.2. The summed E-state index contributed by atoms with van der Waals surface area (Å²) in [6, 6.07) is 12.6. The monoisotopic (exact) mass is 281 g/mol. The largest absolute Gasteiger partial charge is 0.439 e. The molecule has 0 saturated carbocycles. The normalized spacial score (nSPS) is 10.2. The molecule has 3 aromatic rings. The SMILES string of the molecule is N#Cc1cncc2nc(Oc3ccc(Cl)cc3)ccc12. The van der Waals surface area contributed by atoms with E-state index in [2.05, 4.69) is 16.0 Å². The first-order chi connectivity index (χ1) is 9.76. The summed E-state index contributed by atoms with van der Waals surface area (Å²) in [6.45, 7) is 0. The molecule has 0 unspecified atom stereocenters. The first-order valence-corrected chi connectivity index (χ1v) is 6.22. The quantitative estimate of drug-likeness (QED) is 0.714. The molecule has 2 aromatic heterocycles. The Morgan fingerprint density at radius 2 is 1.85 bits per heavy atom. The van der Waals surface area contributed by atoms with E-state index in [0.717, 1.165) is 5.39 Å². The number of ether oxygens (including phenoxy) is 1. The van der Waals surface area contributed by atoms with Gasteiger partial charge in [0, 0.05) is 22.7 Å². The van der Waals surface area contributed by atoms with Crippen LogP contribution in [0.25, 0.3) is 10.9 Å². The molecule has 0 amide bonds. The number of benzene rings is 1. The zero-order valence-corrected chi connectivity index (χ0v) is 11.0. The molecule has 0 fully saturated rings. The maximum Gasteiger partial charge on any atom is 0.219 e. The number of halogens is 1. The molecule has 20 heavy (non-hydrogen) atoms. The summed E-state index contributed by atoms with van der Waals surface area (Å²) < 4.78 is 5.63. The summed E-state index contributed by atoms with van der Waals surface area (Å²) >= 11 is 5.82. The van der Waals surface area contributed by atoms with E-state index in [0.29, 0.717) is 27.7 Å². The van der Waals surface area contributed by atoms with Crippen molar-refractivity contribution in [1.29, 1.82) is 5.26 Å². The number of hydrogen-bond acceptors (Lipinski definition) is 4. The van der Waals surface area contributed by atoms with E-state index in [4.69, 9.17) is 21.6 Å². The van der Waals surface area contributed by atoms with Crippen molar-refractivity contribution >= 4 is 22.5 Å². The van der Waals surface area contributed by atoms with Gasteiger partial charge in [0.05, 0.1) is 17.3 Å². The summed E-state index contributed by atoms with van der Waals surface area (Å²) in [5.74, 6) is 1.09. The van der Waals surface area contributed by atoms with Gasteiger partial charge in [0.25, 0.3) is 0 Å². The van der Waals surface area contributed by atoms with Crippen LogP contribution >= 0.6 is 11.6 Å². The molecular formula is C15H8ClN3O. The molecule has 0 spiro atoms. The minimum atomic E-state index is 0.441. The first-order valence-electron chi connectivity index (χ1n) is 5.84. The molecule has 4 nitrogen and oxygen atoms in total. The summed E-state index contributed by atoms with van der Waals surface area (Å²) in [5, 5.41) is 10.4. The van der Waals surface area contributed by atoms with Gasteiger partial charge in [-0.05, 0) is 30.3 Å². The number of hydrogen-bond donors (Lipinski definition) is 0. The van der Waals surface area contributed by atoms with Crippen molar-refractivity contribution in [2.75, 3.05) is 0 Å². The lowest BCUT2D eigenvalue weighted by Crippen LogP contribution is -1.90. The van der Waals surface area contributed by atoms with E-state index < -0.39 is 0 Å². The van der Waals surface area contributed by atoms with Gasteiger partial charge < -0.3 is 4.74 Å². The summed E-state index contributed by atoms with van der Waals surface area (Å²) in [5.41, 5.74) is 1.11. The Hall–Kier alpha value is -2.64. The van der Waals surface area contributed by atoms with Crippen LogP contribution < -0.4 is 4.74 Å². The van der Waals surface area contributed by atoms with Gasteiger partial charge in [-0.15, -0.1) is 0 Å². The summed E-state index contributed by atoms with van der Waals surface area (Å²) in [7, 11) is 0. The number of pyridine rings is 2. The van der Waals surface area contributed by atoms with E-state index in [9.17, 15) is 0 Å². The van der Waals surface area contributed by atoms with Crippen LogP contribution in [0.4, 0.5) is 0 Å². The highest BCUT2D eigenvalue weighted by Gasteiger charge is 2.05. The van der Waals surface area contributed by atoms with Crippen LogP contribution in [0, 0.1) is 11.3 Å². The fourth-order valence-corrected chi connectivity index (χ4v) is 1.93. The van der Waals surface area contributed by atoms with E-state index in [-0.39, 0.29) is 0 Å². The maximum atomic E-state index is 9.00. The third-order valence-corrected chi connectivity index (χ3v) is 3.00. The highest BCUT2D eigenvalue weighted by molar-refractivity contribution is 6.30. The lowest BCUT2D eigenvalue weighted by atomic mass is 10.2. The van der Waals surface area contributed by atoms with Crippen LogP contribution in [0.15, 0.2) is 48.8 Å². The van der Waals surface area contributed by atoms with Gasteiger partial charge in [-0.3, -0.25) is 4.98 Å². The standard InChI is InChI=1S/C15H8ClN3O/c16-11-1-3-12(4-2-11)20-15-6-5-13-10(7-17)8-18-9-14(13)19-15/h1-6,8-9H. The average molecular weight is 282 g/mol. The second-order valence-corrected chi connectivity index (χ2v) is 4.51. The minimum absolute atomic E-state index is 0.441. The molecule has 0 aliphatic carbocycles. The Morgan fingerprint density at radius 1 is 1.05 bits per heavy atom. The zero-order chi connectivity index (χ0) is 13.9. The van der Waals surface area contributed by atoms with E-state index in [1.165, 1.54) is 6.20 Å². The van der Waals surface area contributed by atoms with Crippen LogP contribution in [-0.2, 0) is 0 Å². The van der Waals surface area contributed by atoms with Gasteiger partial charge >= 0.3 is 0 Å². The Labute approximate surface area is 120 Å².